The van der Waals surface area contributed by atoms with Crippen molar-refractivity contribution in [2.75, 3.05) is 0 Å². The normalized spacial score (nSPS) is 15.3. The maximum absolute atomic E-state index is 13.0. The monoisotopic (exact) mass is 372 g/mol. The van der Waals surface area contributed by atoms with Crippen LogP contribution in [0.5, 0.6) is 0 Å². The van der Waals surface area contributed by atoms with Crippen LogP contribution in [0.2, 0.25) is 0 Å². The number of para-hydroxylation sites is 2. The molecule has 10 nitrogen and oxygen atoms in total. The van der Waals surface area contributed by atoms with E-state index in [0.717, 1.165) is 0 Å². The Kier molecular flexibility index (Phi) is 3.16. The molecule has 0 saturated carbocycles. The van der Waals surface area contributed by atoms with E-state index >= 15 is 0 Å². The third kappa shape index (κ3) is 2.02. The van der Waals surface area contributed by atoms with Crippen molar-refractivity contribution in [1.29, 1.82) is 0 Å². The summed E-state index contributed by atoms with van der Waals surface area (Å²) in [6.45, 7) is 0. The second-order valence-electron chi connectivity index (χ2n) is 6.16. The summed E-state index contributed by atoms with van der Waals surface area (Å²) in [6.07, 6.45) is 0. The minimum atomic E-state index is -0.637. The molecule has 0 saturated heterocycles. The van der Waals surface area contributed by atoms with E-state index in [4.69, 9.17) is 11.5 Å². The molecule has 28 heavy (non-hydrogen) atoms. The lowest BCUT2D eigenvalue weighted by molar-refractivity contribution is -0.114. The lowest BCUT2D eigenvalue weighted by Crippen LogP contribution is -2.34. The summed E-state index contributed by atoms with van der Waals surface area (Å²) in [5.41, 5.74) is 13.5. The Hall–Kier alpha value is -4.34. The molecule has 5 rings (SSSR count). The fraction of sp³-hybridized carbons (Fsp3) is 0. The minimum absolute atomic E-state index is 0.135. The maximum Gasteiger partial charge on any atom is 0.231 e. The van der Waals surface area contributed by atoms with Crippen LogP contribution in [0.25, 0.3) is 33.5 Å². The topological polar surface area (TPSA) is 148 Å². The van der Waals surface area contributed by atoms with Crippen molar-refractivity contribution in [1.82, 2.24) is 30.0 Å². The standard InChI is InChI=1S/C18H12N8O2/c19-13-15(25-11-7-3-1-5-9(11)21-23-25)17(27)14(20)16(18(13)28)26-12-8-4-2-6-10(12)22-24-26/h1-8H,19-20H2. The van der Waals surface area contributed by atoms with Crippen molar-refractivity contribution in [2.24, 2.45) is 11.5 Å². The molecule has 136 valence electrons. The predicted molar refractivity (Wildman–Crippen MR) is 99.9 cm³/mol. The van der Waals surface area contributed by atoms with Gasteiger partial charge in [-0.1, -0.05) is 34.7 Å². The van der Waals surface area contributed by atoms with E-state index in [1.165, 1.54) is 9.36 Å². The second kappa shape index (κ2) is 5.58. The van der Waals surface area contributed by atoms with Crippen LogP contribution in [0.3, 0.4) is 0 Å². The van der Waals surface area contributed by atoms with Gasteiger partial charge in [0.15, 0.2) is 0 Å². The van der Waals surface area contributed by atoms with Crippen molar-refractivity contribution in [3.63, 3.8) is 0 Å². The Morgan fingerprint density at radius 1 is 0.643 bits per heavy atom. The highest BCUT2D eigenvalue weighted by Crippen LogP contribution is 2.28. The average Bonchev–Trinajstić information content (AvgIpc) is 3.32. The van der Waals surface area contributed by atoms with Gasteiger partial charge in [-0.2, -0.15) is 0 Å². The number of carbonyl (C=O) groups excluding carboxylic acids is 2. The van der Waals surface area contributed by atoms with Gasteiger partial charge in [-0.15, -0.1) is 10.2 Å². The molecule has 10 heteroatoms. The summed E-state index contributed by atoms with van der Waals surface area (Å²) in [6, 6.07) is 14.0. The Morgan fingerprint density at radius 3 is 1.46 bits per heavy atom. The number of Topliss-reactive ketones (excluding diaryl/α,β-unsaturated/α-hetero) is 2. The second-order valence-corrected chi connectivity index (χ2v) is 6.16. The van der Waals surface area contributed by atoms with Crippen LogP contribution in [0.4, 0.5) is 0 Å². The van der Waals surface area contributed by atoms with Crippen molar-refractivity contribution < 1.29 is 9.59 Å². The van der Waals surface area contributed by atoms with Gasteiger partial charge in [-0.05, 0) is 24.3 Å². The Labute approximate surface area is 156 Å². The van der Waals surface area contributed by atoms with Crippen LogP contribution in [0.1, 0.15) is 0 Å². The highest BCUT2D eigenvalue weighted by atomic mass is 16.1. The zero-order valence-electron chi connectivity index (χ0n) is 14.3. The summed E-state index contributed by atoms with van der Waals surface area (Å²) in [7, 11) is 0. The molecule has 0 fully saturated rings. The molecule has 4 aromatic rings. The molecule has 2 heterocycles. The number of rotatable bonds is 2. The molecule has 2 aromatic carbocycles. The minimum Gasteiger partial charge on any atom is -0.394 e. The molecule has 0 spiro atoms. The number of nitrogens with two attached hydrogens (primary N) is 2. The van der Waals surface area contributed by atoms with Crippen molar-refractivity contribution in [3.8, 4) is 0 Å². The van der Waals surface area contributed by atoms with Crippen LogP contribution in [-0.4, -0.2) is 41.6 Å². The summed E-state index contributed by atoms with van der Waals surface area (Å²) < 4.78 is 2.46. The molecule has 1 aliphatic carbocycles. The van der Waals surface area contributed by atoms with Gasteiger partial charge >= 0.3 is 0 Å². The van der Waals surface area contributed by atoms with Gasteiger partial charge in [0.05, 0.1) is 11.0 Å². The van der Waals surface area contributed by atoms with Crippen LogP contribution < -0.4 is 11.5 Å². The van der Waals surface area contributed by atoms with Gasteiger partial charge in [-0.3, -0.25) is 9.59 Å². The number of carbonyl (C=O) groups is 2. The zero-order valence-corrected chi connectivity index (χ0v) is 14.3. The van der Waals surface area contributed by atoms with Gasteiger partial charge in [0.2, 0.25) is 11.6 Å². The largest absolute Gasteiger partial charge is 0.394 e. The van der Waals surface area contributed by atoms with Crippen LogP contribution in [-0.2, 0) is 9.59 Å². The molecular weight excluding hydrogens is 360 g/mol. The molecule has 0 amide bonds. The zero-order chi connectivity index (χ0) is 19.4. The van der Waals surface area contributed by atoms with Gasteiger partial charge in [0.25, 0.3) is 0 Å². The van der Waals surface area contributed by atoms with Gasteiger partial charge < -0.3 is 11.5 Å². The first-order chi connectivity index (χ1) is 13.6. The smallest absolute Gasteiger partial charge is 0.231 e. The Bertz CT molecular complexity index is 1270. The van der Waals surface area contributed by atoms with E-state index in [1.54, 1.807) is 48.5 Å². The van der Waals surface area contributed by atoms with E-state index in [2.05, 4.69) is 20.6 Å². The number of benzene rings is 2. The number of hydrogen-bond acceptors (Lipinski definition) is 8. The number of allylic oxidation sites excluding steroid dienone is 2. The van der Waals surface area contributed by atoms with Crippen LogP contribution in [0.15, 0.2) is 59.9 Å². The van der Waals surface area contributed by atoms with Gasteiger partial charge in [0, 0.05) is 0 Å². The fourth-order valence-electron chi connectivity index (χ4n) is 3.20. The number of aromatic nitrogens is 6. The predicted octanol–water partition coefficient (Wildman–Crippen LogP) is 0.283. The number of nitrogens with zero attached hydrogens (tertiary/aromatic N) is 6. The summed E-state index contributed by atoms with van der Waals surface area (Å²) in [5, 5.41) is 15.9. The molecule has 1 aliphatic rings. The van der Waals surface area contributed by atoms with Crippen LogP contribution in [0, 0.1) is 0 Å². The molecule has 0 atom stereocenters. The fourth-order valence-corrected chi connectivity index (χ4v) is 3.20. The van der Waals surface area contributed by atoms with Gasteiger partial charge in [-0.25, -0.2) is 9.36 Å². The number of hydrogen-bond donors (Lipinski definition) is 2. The summed E-state index contributed by atoms with van der Waals surface area (Å²) in [5.74, 6) is -1.27. The quantitative estimate of drug-likeness (QED) is 0.477. The molecule has 0 radical (unpaired) electrons. The highest BCUT2D eigenvalue weighted by Gasteiger charge is 2.36. The third-order valence-corrected chi connectivity index (χ3v) is 4.56. The van der Waals surface area contributed by atoms with E-state index < -0.39 is 11.6 Å². The first-order valence-corrected chi connectivity index (χ1v) is 8.28. The number of fused-ring (bicyclic) bond motifs is 2. The van der Waals surface area contributed by atoms with E-state index in [0.29, 0.717) is 22.1 Å². The number of ketones is 2. The van der Waals surface area contributed by atoms with Crippen molar-refractivity contribution in [2.45, 2.75) is 0 Å². The molecule has 2 aromatic heterocycles. The van der Waals surface area contributed by atoms with Crippen molar-refractivity contribution in [3.05, 3.63) is 59.9 Å². The summed E-state index contributed by atoms with van der Waals surface area (Å²) >= 11 is 0. The Morgan fingerprint density at radius 2 is 1.04 bits per heavy atom. The molecule has 4 N–H and O–H groups in total. The molecule has 0 bridgehead atoms. The highest BCUT2D eigenvalue weighted by molar-refractivity contribution is 6.43. The molecular formula is C18H12N8O2. The van der Waals surface area contributed by atoms with E-state index in [1.807, 2.05) is 0 Å². The lowest BCUT2D eigenvalue weighted by atomic mass is 9.99. The first kappa shape index (κ1) is 15.9. The molecule has 0 unspecified atom stereocenters. The lowest BCUT2D eigenvalue weighted by Gasteiger charge is -2.19. The van der Waals surface area contributed by atoms with E-state index in [9.17, 15) is 9.59 Å². The summed E-state index contributed by atoms with van der Waals surface area (Å²) in [4.78, 5) is 26.1. The van der Waals surface area contributed by atoms with Gasteiger partial charge in [0.1, 0.15) is 33.8 Å². The Balaban J connectivity index is 1.71. The SMILES string of the molecule is NC1=C(n2nnc3ccccc32)C(=O)C(N)=C(n2nnc3ccccc32)C1=O. The molecule has 0 aliphatic heterocycles. The first-order valence-electron chi connectivity index (χ1n) is 8.28. The van der Waals surface area contributed by atoms with E-state index in [-0.39, 0.29) is 22.8 Å². The average molecular weight is 372 g/mol. The third-order valence-electron chi connectivity index (χ3n) is 4.56. The van der Waals surface area contributed by atoms with Crippen molar-refractivity contribution >= 4 is 45.0 Å². The maximum atomic E-state index is 13.0. The van der Waals surface area contributed by atoms with Crippen LogP contribution >= 0.6 is 0 Å².